The van der Waals surface area contributed by atoms with Gasteiger partial charge in [-0.3, -0.25) is 4.57 Å². The largest absolute Gasteiger partial charge is 0.496 e. The highest BCUT2D eigenvalue weighted by atomic mass is 32.2. The summed E-state index contributed by atoms with van der Waals surface area (Å²) in [5.41, 5.74) is 6.59. The SMILES string of the molecule is COc1cc(-c2nc(-c3ccccc3OS(C)(=O)=O)n(-c3ccccc3)c2-c2ccc(C)c(OC)c2)ccc1C. The number of benzene rings is 4. The zero-order valence-corrected chi connectivity index (χ0v) is 23.8. The molecule has 1 heterocycles. The van der Waals surface area contributed by atoms with Gasteiger partial charge in [0.15, 0.2) is 5.75 Å². The van der Waals surface area contributed by atoms with Crippen LogP contribution in [0, 0.1) is 13.8 Å². The second-order valence-electron chi connectivity index (χ2n) is 9.46. The standard InChI is InChI=1S/C32H30N2O5S/c1-21-15-17-23(19-28(21)37-3)30-31(24-18-16-22(2)29(20-24)38-4)34(25-11-7-6-8-12-25)32(33-30)26-13-9-10-14-27(26)39-40(5,35)36/h6-20H,1-5H3. The Hall–Kier alpha value is -4.56. The van der Waals surface area contributed by atoms with Gasteiger partial charge in [-0.2, -0.15) is 8.42 Å². The Morgan fingerprint density at radius 1 is 0.700 bits per heavy atom. The third kappa shape index (κ3) is 5.31. The average molecular weight is 555 g/mol. The molecule has 0 atom stereocenters. The van der Waals surface area contributed by atoms with Gasteiger partial charge >= 0.3 is 10.1 Å². The summed E-state index contributed by atoms with van der Waals surface area (Å²) in [5.74, 6) is 2.19. The number of methoxy groups -OCH3 is 2. The molecule has 0 spiro atoms. The first-order chi connectivity index (χ1) is 19.2. The van der Waals surface area contributed by atoms with Gasteiger partial charge in [-0.25, -0.2) is 4.98 Å². The third-order valence-electron chi connectivity index (χ3n) is 6.62. The summed E-state index contributed by atoms with van der Waals surface area (Å²) < 4.78 is 43.1. The van der Waals surface area contributed by atoms with Crippen LogP contribution >= 0.6 is 0 Å². The smallest absolute Gasteiger partial charge is 0.306 e. The van der Waals surface area contributed by atoms with Crippen molar-refractivity contribution in [1.29, 1.82) is 0 Å². The van der Waals surface area contributed by atoms with Crippen LogP contribution in [0.25, 0.3) is 39.6 Å². The maximum Gasteiger partial charge on any atom is 0.306 e. The van der Waals surface area contributed by atoms with Gasteiger partial charge < -0.3 is 13.7 Å². The molecule has 5 rings (SSSR count). The molecule has 0 bridgehead atoms. The second kappa shape index (κ2) is 10.9. The van der Waals surface area contributed by atoms with Gasteiger partial charge in [0, 0.05) is 16.8 Å². The maximum absolute atomic E-state index is 12.2. The molecular formula is C32H30N2O5S. The molecule has 8 heteroatoms. The van der Waals surface area contributed by atoms with Crippen LogP contribution in [-0.4, -0.2) is 38.4 Å². The number of hydrogen-bond donors (Lipinski definition) is 0. The van der Waals surface area contributed by atoms with E-state index in [1.807, 2.05) is 91.2 Å². The van der Waals surface area contributed by atoms with E-state index in [1.54, 1.807) is 32.4 Å². The number of nitrogens with zero attached hydrogens (tertiary/aromatic N) is 2. The normalized spacial score (nSPS) is 11.3. The van der Waals surface area contributed by atoms with Crippen LogP contribution < -0.4 is 13.7 Å². The van der Waals surface area contributed by atoms with Crippen LogP contribution in [0.3, 0.4) is 0 Å². The number of aromatic nitrogens is 2. The van der Waals surface area contributed by atoms with Crippen molar-refractivity contribution in [2.24, 2.45) is 0 Å². The van der Waals surface area contributed by atoms with Crippen LogP contribution in [0.4, 0.5) is 0 Å². The minimum absolute atomic E-state index is 0.188. The van der Waals surface area contributed by atoms with Crippen LogP contribution in [0.1, 0.15) is 11.1 Å². The molecule has 1 aromatic heterocycles. The van der Waals surface area contributed by atoms with Gasteiger partial charge in [0.25, 0.3) is 0 Å². The van der Waals surface area contributed by atoms with Gasteiger partial charge in [-0.1, -0.05) is 54.6 Å². The molecule has 4 aromatic carbocycles. The van der Waals surface area contributed by atoms with E-state index in [1.165, 1.54) is 0 Å². The van der Waals surface area contributed by atoms with E-state index in [9.17, 15) is 8.42 Å². The number of aryl methyl sites for hydroxylation is 2. The van der Waals surface area contributed by atoms with Gasteiger partial charge in [0.1, 0.15) is 17.3 Å². The van der Waals surface area contributed by atoms with Crippen molar-refractivity contribution in [3.05, 3.63) is 102 Å². The molecule has 204 valence electrons. The lowest BCUT2D eigenvalue weighted by atomic mass is 10.0. The van der Waals surface area contributed by atoms with Gasteiger partial charge in [0.05, 0.1) is 37.4 Å². The number of ether oxygens (including phenoxy) is 2. The summed E-state index contributed by atoms with van der Waals surface area (Å²) in [5, 5.41) is 0. The van der Waals surface area contributed by atoms with Gasteiger partial charge in [-0.15, -0.1) is 0 Å². The molecule has 0 radical (unpaired) electrons. The topological polar surface area (TPSA) is 79.7 Å². The second-order valence-corrected chi connectivity index (χ2v) is 11.0. The van der Waals surface area contributed by atoms with Crippen molar-refractivity contribution in [3.63, 3.8) is 0 Å². The van der Waals surface area contributed by atoms with Crippen LogP contribution in [0.5, 0.6) is 17.2 Å². The lowest BCUT2D eigenvalue weighted by Crippen LogP contribution is -2.08. The molecule has 0 unspecified atom stereocenters. The molecular weight excluding hydrogens is 524 g/mol. The fourth-order valence-electron chi connectivity index (χ4n) is 4.72. The lowest BCUT2D eigenvalue weighted by molar-refractivity contribution is 0.411. The zero-order valence-electron chi connectivity index (χ0n) is 23.0. The summed E-state index contributed by atoms with van der Waals surface area (Å²) in [4.78, 5) is 5.17. The van der Waals surface area contributed by atoms with E-state index in [-0.39, 0.29) is 5.75 Å². The van der Waals surface area contributed by atoms with E-state index in [2.05, 4.69) is 0 Å². The summed E-state index contributed by atoms with van der Waals surface area (Å²) >= 11 is 0. The number of para-hydroxylation sites is 2. The lowest BCUT2D eigenvalue weighted by Gasteiger charge is -2.16. The fourth-order valence-corrected chi connectivity index (χ4v) is 5.19. The molecule has 0 N–H and O–H groups in total. The summed E-state index contributed by atoms with van der Waals surface area (Å²) in [7, 11) is -0.498. The third-order valence-corrected chi connectivity index (χ3v) is 7.11. The van der Waals surface area contributed by atoms with Crippen molar-refractivity contribution in [2.75, 3.05) is 20.5 Å². The molecule has 0 aliphatic heterocycles. The molecule has 0 saturated carbocycles. The van der Waals surface area contributed by atoms with Crippen LogP contribution in [0.2, 0.25) is 0 Å². The first-order valence-electron chi connectivity index (χ1n) is 12.7. The molecule has 0 fully saturated rings. The number of imidazole rings is 1. The Kier molecular flexibility index (Phi) is 7.36. The summed E-state index contributed by atoms with van der Waals surface area (Å²) in [6.45, 7) is 3.98. The molecule has 0 saturated heterocycles. The predicted octanol–water partition coefficient (Wildman–Crippen LogP) is 6.85. The Morgan fingerprint density at radius 3 is 1.90 bits per heavy atom. The Labute approximate surface area is 234 Å². The van der Waals surface area contributed by atoms with E-state index in [4.69, 9.17) is 18.6 Å². The summed E-state index contributed by atoms with van der Waals surface area (Å²) in [6, 6.07) is 28.8. The Balaban J connectivity index is 1.92. The van der Waals surface area contributed by atoms with E-state index < -0.39 is 10.1 Å². The van der Waals surface area contributed by atoms with Gasteiger partial charge in [0.2, 0.25) is 0 Å². The maximum atomic E-state index is 12.2. The van der Waals surface area contributed by atoms with Crippen molar-refractivity contribution in [2.45, 2.75) is 13.8 Å². The van der Waals surface area contributed by atoms with Crippen LogP contribution in [0.15, 0.2) is 91.0 Å². The van der Waals surface area contributed by atoms with Crippen LogP contribution in [-0.2, 0) is 10.1 Å². The highest BCUT2D eigenvalue weighted by Crippen LogP contribution is 2.43. The first-order valence-corrected chi connectivity index (χ1v) is 14.5. The molecule has 5 aromatic rings. The van der Waals surface area contributed by atoms with Crippen molar-refractivity contribution in [3.8, 4) is 56.8 Å². The number of rotatable bonds is 8. The average Bonchev–Trinajstić information content (AvgIpc) is 3.34. The summed E-state index contributed by atoms with van der Waals surface area (Å²) in [6.07, 6.45) is 1.03. The fraction of sp³-hybridized carbons (Fsp3) is 0.156. The van der Waals surface area contributed by atoms with Crippen molar-refractivity contribution >= 4 is 10.1 Å². The zero-order chi connectivity index (χ0) is 28.4. The number of hydrogen-bond acceptors (Lipinski definition) is 6. The predicted molar refractivity (Wildman–Crippen MR) is 158 cm³/mol. The van der Waals surface area contributed by atoms with Crippen molar-refractivity contribution < 1.29 is 22.1 Å². The monoisotopic (exact) mass is 554 g/mol. The highest BCUT2D eigenvalue weighted by molar-refractivity contribution is 7.86. The minimum Gasteiger partial charge on any atom is -0.496 e. The van der Waals surface area contributed by atoms with Gasteiger partial charge in [-0.05, 0) is 61.4 Å². The molecule has 7 nitrogen and oxygen atoms in total. The molecule has 40 heavy (non-hydrogen) atoms. The quantitative estimate of drug-likeness (QED) is 0.195. The first kappa shape index (κ1) is 27.0. The molecule has 0 aliphatic rings. The Bertz CT molecular complexity index is 1790. The highest BCUT2D eigenvalue weighted by Gasteiger charge is 2.26. The molecule has 0 amide bonds. The molecule has 0 aliphatic carbocycles. The van der Waals surface area contributed by atoms with E-state index in [0.717, 1.165) is 51.4 Å². The van der Waals surface area contributed by atoms with E-state index in [0.29, 0.717) is 17.1 Å². The van der Waals surface area contributed by atoms with E-state index >= 15 is 0 Å². The Morgan fingerprint density at radius 2 is 1.27 bits per heavy atom. The minimum atomic E-state index is -3.79. The van der Waals surface area contributed by atoms with Crippen molar-refractivity contribution in [1.82, 2.24) is 9.55 Å².